The van der Waals surface area contributed by atoms with Crippen molar-refractivity contribution in [3.63, 3.8) is 0 Å². The molecule has 6 heteroatoms. The molecule has 0 heterocycles. The molecule has 0 saturated heterocycles. The summed E-state index contributed by atoms with van der Waals surface area (Å²) >= 11 is 0. The molecular weight excluding hydrogens is 913 g/mol. The van der Waals surface area contributed by atoms with E-state index in [1.54, 1.807) is 0 Å². The Balaban J connectivity index is 4.43. The maximum atomic E-state index is 12.9. The molecule has 0 aliphatic rings. The van der Waals surface area contributed by atoms with Crippen LogP contribution in [0.1, 0.15) is 297 Å². The van der Waals surface area contributed by atoms with Gasteiger partial charge >= 0.3 is 17.9 Å². The predicted molar refractivity (Wildman–Crippen MR) is 320 cm³/mol. The van der Waals surface area contributed by atoms with Crippen LogP contribution in [0.15, 0.2) is 97.2 Å². The van der Waals surface area contributed by atoms with E-state index in [1.165, 1.54) is 128 Å². The second kappa shape index (κ2) is 61.9. The lowest BCUT2D eigenvalue weighted by Crippen LogP contribution is -2.30. The van der Waals surface area contributed by atoms with Crippen molar-refractivity contribution in [3.8, 4) is 0 Å². The zero-order valence-corrected chi connectivity index (χ0v) is 48.6. The van der Waals surface area contributed by atoms with Gasteiger partial charge in [-0.25, -0.2) is 0 Å². The zero-order chi connectivity index (χ0) is 53.6. The van der Waals surface area contributed by atoms with Gasteiger partial charge in [0.05, 0.1) is 0 Å². The molecule has 74 heavy (non-hydrogen) atoms. The minimum Gasteiger partial charge on any atom is -0.462 e. The van der Waals surface area contributed by atoms with E-state index in [2.05, 4.69) is 118 Å². The van der Waals surface area contributed by atoms with Gasteiger partial charge in [-0.2, -0.15) is 0 Å². The molecule has 0 bridgehead atoms. The van der Waals surface area contributed by atoms with Crippen LogP contribution in [-0.4, -0.2) is 37.2 Å². The Labute approximate surface area is 457 Å². The fourth-order valence-electron chi connectivity index (χ4n) is 8.61. The maximum absolute atomic E-state index is 12.9. The number of carbonyl (C=O) groups excluding carboxylic acids is 3. The Bertz CT molecular complexity index is 1460. The van der Waals surface area contributed by atoms with E-state index in [0.29, 0.717) is 19.3 Å². The Hall–Kier alpha value is -3.67. The van der Waals surface area contributed by atoms with Crippen LogP contribution in [0.4, 0.5) is 0 Å². The van der Waals surface area contributed by atoms with Gasteiger partial charge in [0.25, 0.3) is 0 Å². The predicted octanol–water partition coefficient (Wildman–Crippen LogP) is 21.3. The quantitative estimate of drug-likeness (QED) is 0.0261. The first-order valence-corrected chi connectivity index (χ1v) is 31.2. The van der Waals surface area contributed by atoms with E-state index in [0.717, 1.165) is 128 Å². The van der Waals surface area contributed by atoms with Gasteiger partial charge in [0.15, 0.2) is 6.10 Å². The van der Waals surface area contributed by atoms with E-state index < -0.39 is 6.10 Å². The highest BCUT2D eigenvalue weighted by Crippen LogP contribution is 2.15. The molecule has 1 atom stereocenters. The van der Waals surface area contributed by atoms with Gasteiger partial charge in [-0.15, -0.1) is 0 Å². The molecule has 0 amide bonds. The Morgan fingerprint density at radius 3 is 0.838 bits per heavy atom. The lowest BCUT2D eigenvalue weighted by atomic mass is 10.1. The van der Waals surface area contributed by atoms with Crippen LogP contribution in [0, 0.1) is 0 Å². The first-order chi connectivity index (χ1) is 36.5. The van der Waals surface area contributed by atoms with Crippen LogP contribution >= 0.6 is 0 Å². The second-order valence-corrected chi connectivity index (χ2v) is 20.6. The van der Waals surface area contributed by atoms with Crippen LogP contribution in [0.3, 0.4) is 0 Å². The highest BCUT2D eigenvalue weighted by atomic mass is 16.6. The van der Waals surface area contributed by atoms with E-state index >= 15 is 0 Å². The van der Waals surface area contributed by atoms with Crippen molar-refractivity contribution >= 4 is 17.9 Å². The maximum Gasteiger partial charge on any atom is 0.306 e. The summed E-state index contributed by atoms with van der Waals surface area (Å²) in [5, 5.41) is 0. The number of unbranched alkanes of at least 4 members (excludes halogenated alkanes) is 29. The van der Waals surface area contributed by atoms with Gasteiger partial charge in [-0.1, -0.05) is 253 Å². The molecule has 0 fully saturated rings. The van der Waals surface area contributed by atoms with Gasteiger partial charge in [0, 0.05) is 19.3 Å². The summed E-state index contributed by atoms with van der Waals surface area (Å²) in [5.41, 5.74) is 0. The molecule has 0 aromatic heterocycles. The Morgan fingerprint density at radius 1 is 0.284 bits per heavy atom. The summed E-state index contributed by atoms with van der Waals surface area (Å²) in [6.07, 6.45) is 82.5. The number of carbonyl (C=O) groups is 3. The van der Waals surface area contributed by atoms with Gasteiger partial charge in [-0.05, 0) is 122 Å². The number of ether oxygens (including phenoxy) is 3. The molecule has 0 rings (SSSR count). The molecule has 0 radical (unpaired) electrons. The smallest absolute Gasteiger partial charge is 0.306 e. The van der Waals surface area contributed by atoms with E-state index in [1.807, 2.05) is 0 Å². The van der Waals surface area contributed by atoms with Crippen LogP contribution < -0.4 is 0 Å². The topological polar surface area (TPSA) is 78.9 Å². The SMILES string of the molecule is CC/C=C\C/C=C\C/C=C\C/C=C\CCCCCCCCC(=O)OC(COC(=O)CCCCCCC/C=C\C/C=C\CCCCCC)COC(=O)CCCCCCCCCCC/C=C\C/C=C\CCCCCCC. The van der Waals surface area contributed by atoms with Crippen molar-refractivity contribution in [3.05, 3.63) is 97.2 Å². The van der Waals surface area contributed by atoms with Crippen molar-refractivity contribution < 1.29 is 28.6 Å². The van der Waals surface area contributed by atoms with E-state index in [9.17, 15) is 14.4 Å². The van der Waals surface area contributed by atoms with Gasteiger partial charge in [0.1, 0.15) is 13.2 Å². The zero-order valence-electron chi connectivity index (χ0n) is 48.6. The highest BCUT2D eigenvalue weighted by molar-refractivity contribution is 5.71. The normalized spacial score (nSPS) is 12.7. The summed E-state index contributed by atoms with van der Waals surface area (Å²) in [6, 6.07) is 0. The van der Waals surface area contributed by atoms with E-state index in [4.69, 9.17) is 14.2 Å². The third-order valence-corrected chi connectivity index (χ3v) is 13.3. The summed E-state index contributed by atoms with van der Waals surface area (Å²) in [5.74, 6) is -0.914. The molecule has 6 nitrogen and oxygen atoms in total. The van der Waals surface area contributed by atoms with Crippen LogP contribution in [-0.2, 0) is 28.6 Å². The highest BCUT2D eigenvalue weighted by Gasteiger charge is 2.19. The number of allylic oxidation sites excluding steroid dienone is 16. The molecule has 0 N–H and O–H groups in total. The standard InChI is InChI=1S/C68H116O6/c1-4-7-10-13-16-19-22-25-28-31-33-34-36-37-40-43-46-49-52-55-58-61-67(70)73-64-65(63-72-66(69)60-57-54-51-48-45-42-39-30-27-24-21-18-15-12-9-6-3)74-68(71)62-59-56-53-50-47-44-41-38-35-32-29-26-23-20-17-14-11-8-5-2/h8,11,17,20-22,24-26,29-31,33,35,38-39,65H,4-7,9-10,12-16,18-19,23,27-28,32,34,36-37,40-64H2,1-3H3/b11-8-,20-17-,24-21-,25-22-,29-26-,33-31-,38-35-,39-30-. The Kier molecular flexibility index (Phi) is 58.8. The van der Waals surface area contributed by atoms with Gasteiger partial charge < -0.3 is 14.2 Å². The van der Waals surface area contributed by atoms with Crippen molar-refractivity contribution in [2.75, 3.05) is 13.2 Å². The molecule has 0 aromatic rings. The van der Waals surface area contributed by atoms with Crippen LogP contribution in [0.25, 0.3) is 0 Å². The second-order valence-electron chi connectivity index (χ2n) is 20.6. The summed E-state index contributed by atoms with van der Waals surface area (Å²) in [7, 11) is 0. The fraction of sp³-hybridized carbons (Fsp3) is 0.721. The molecule has 1 unspecified atom stereocenters. The fourth-order valence-corrected chi connectivity index (χ4v) is 8.61. The molecule has 0 aliphatic carbocycles. The summed E-state index contributed by atoms with van der Waals surface area (Å²) < 4.78 is 16.9. The molecule has 0 spiro atoms. The first kappa shape index (κ1) is 70.3. The number of esters is 3. The lowest BCUT2D eigenvalue weighted by molar-refractivity contribution is -0.167. The molecule has 0 aliphatic heterocycles. The van der Waals surface area contributed by atoms with Crippen molar-refractivity contribution in [2.45, 2.75) is 303 Å². The first-order valence-electron chi connectivity index (χ1n) is 31.2. The van der Waals surface area contributed by atoms with Gasteiger partial charge in [-0.3, -0.25) is 14.4 Å². The third-order valence-electron chi connectivity index (χ3n) is 13.3. The summed E-state index contributed by atoms with van der Waals surface area (Å²) in [6.45, 7) is 6.49. The monoisotopic (exact) mass is 1030 g/mol. The van der Waals surface area contributed by atoms with Crippen molar-refractivity contribution in [2.24, 2.45) is 0 Å². The van der Waals surface area contributed by atoms with E-state index in [-0.39, 0.29) is 31.1 Å². The molecule has 0 aromatic carbocycles. The van der Waals surface area contributed by atoms with Crippen molar-refractivity contribution in [1.82, 2.24) is 0 Å². The molecule has 424 valence electrons. The minimum atomic E-state index is -0.795. The largest absolute Gasteiger partial charge is 0.462 e. The number of hydrogen-bond donors (Lipinski definition) is 0. The number of rotatable bonds is 56. The van der Waals surface area contributed by atoms with Crippen molar-refractivity contribution in [1.29, 1.82) is 0 Å². The molecule has 0 saturated carbocycles. The third kappa shape index (κ3) is 59.2. The average Bonchev–Trinajstić information content (AvgIpc) is 3.40. The average molecular weight is 1030 g/mol. The Morgan fingerprint density at radius 2 is 0.527 bits per heavy atom. The lowest BCUT2D eigenvalue weighted by Gasteiger charge is -2.18. The number of hydrogen-bond acceptors (Lipinski definition) is 6. The van der Waals surface area contributed by atoms with Crippen LogP contribution in [0.2, 0.25) is 0 Å². The van der Waals surface area contributed by atoms with Crippen LogP contribution in [0.5, 0.6) is 0 Å². The molecular formula is C68H116O6. The minimum absolute atomic E-state index is 0.0903. The summed E-state index contributed by atoms with van der Waals surface area (Å²) in [4.78, 5) is 38.3. The van der Waals surface area contributed by atoms with Gasteiger partial charge in [0.2, 0.25) is 0 Å².